The Morgan fingerprint density at radius 2 is 1.67 bits per heavy atom. The molecule has 0 amide bonds. The van der Waals surface area contributed by atoms with Crippen molar-refractivity contribution in [1.29, 1.82) is 0 Å². The number of hydrazine groups is 1. The summed E-state index contributed by atoms with van der Waals surface area (Å²) >= 11 is 0. The first-order valence-corrected chi connectivity index (χ1v) is 8.93. The molecule has 27 heavy (non-hydrogen) atoms. The van der Waals surface area contributed by atoms with Crippen LogP contribution in [0.3, 0.4) is 0 Å². The maximum absolute atomic E-state index is 14.2. The molecule has 3 aromatic rings. The van der Waals surface area contributed by atoms with E-state index in [1.54, 1.807) is 12.1 Å². The molecule has 0 N–H and O–H groups in total. The number of fused-ring (bicyclic) bond motifs is 1. The van der Waals surface area contributed by atoms with E-state index in [1.165, 1.54) is 6.07 Å². The summed E-state index contributed by atoms with van der Waals surface area (Å²) in [4.78, 5) is 9.56. The van der Waals surface area contributed by atoms with E-state index < -0.39 is 0 Å². The molecule has 0 radical (unpaired) electrons. The zero-order valence-corrected chi connectivity index (χ0v) is 17.2. The SMILES string of the molecule is CCN(c1nc(-c2ccc(F)c3ccccc23)cc(C(C)C)n1)N(C)C.Cl. The number of halogens is 2. The van der Waals surface area contributed by atoms with Crippen molar-refractivity contribution in [2.24, 2.45) is 0 Å². The summed E-state index contributed by atoms with van der Waals surface area (Å²) in [7, 11) is 3.95. The second kappa shape index (κ2) is 8.63. The van der Waals surface area contributed by atoms with Crippen LogP contribution in [0.15, 0.2) is 42.5 Å². The van der Waals surface area contributed by atoms with E-state index in [4.69, 9.17) is 9.97 Å². The minimum absolute atomic E-state index is 0. The summed E-state index contributed by atoms with van der Waals surface area (Å²) in [6.07, 6.45) is 0. The Hall–Kier alpha value is -2.24. The highest BCUT2D eigenvalue weighted by Gasteiger charge is 2.17. The predicted molar refractivity (Wildman–Crippen MR) is 113 cm³/mol. The Balaban J connectivity index is 0.00000261. The summed E-state index contributed by atoms with van der Waals surface area (Å²) in [6.45, 7) is 7.06. The highest BCUT2D eigenvalue weighted by atomic mass is 35.5. The molecule has 144 valence electrons. The normalized spacial score (nSPS) is 11.1. The zero-order chi connectivity index (χ0) is 18.8. The van der Waals surface area contributed by atoms with E-state index in [9.17, 15) is 4.39 Å². The fraction of sp³-hybridized carbons (Fsp3) is 0.333. The number of rotatable bonds is 5. The lowest BCUT2D eigenvalue weighted by atomic mass is 10.00. The van der Waals surface area contributed by atoms with Gasteiger partial charge in [-0.05, 0) is 36.4 Å². The molecule has 1 heterocycles. The van der Waals surface area contributed by atoms with Gasteiger partial charge in [0.1, 0.15) is 5.82 Å². The van der Waals surface area contributed by atoms with Crippen molar-refractivity contribution >= 4 is 29.1 Å². The van der Waals surface area contributed by atoms with Crippen LogP contribution in [-0.4, -0.2) is 35.6 Å². The van der Waals surface area contributed by atoms with Gasteiger partial charge in [-0.15, -0.1) is 12.4 Å². The zero-order valence-electron chi connectivity index (χ0n) is 16.4. The third kappa shape index (κ3) is 4.20. The quantitative estimate of drug-likeness (QED) is 0.556. The Labute approximate surface area is 166 Å². The lowest BCUT2D eigenvalue weighted by Crippen LogP contribution is -2.38. The third-order valence-electron chi connectivity index (χ3n) is 4.49. The van der Waals surface area contributed by atoms with Gasteiger partial charge in [-0.1, -0.05) is 38.1 Å². The molecule has 0 aliphatic carbocycles. The van der Waals surface area contributed by atoms with Gasteiger partial charge in [-0.2, -0.15) is 0 Å². The molecule has 0 aliphatic heterocycles. The van der Waals surface area contributed by atoms with Crippen LogP contribution in [-0.2, 0) is 0 Å². The van der Waals surface area contributed by atoms with Crippen molar-refractivity contribution < 1.29 is 4.39 Å². The monoisotopic (exact) mass is 388 g/mol. The standard InChI is InChI=1S/C21H25FN4.ClH/c1-6-26(25(4)5)21-23-19(14(2)3)13-20(24-21)17-11-12-18(22)16-10-8-7-9-15(16)17;/h7-14H,6H2,1-5H3;1H. The van der Waals surface area contributed by atoms with E-state index in [1.807, 2.05) is 48.4 Å². The number of anilines is 1. The van der Waals surface area contributed by atoms with Crippen LogP contribution in [0.25, 0.3) is 22.0 Å². The van der Waals surface area contributed by atoms with E-state index in [0.717, 1.165) is 28.9 Å². The van der Waals surface area contributed by atoms with Gasteiger partial charge in [0.05, 0.1) is 5.69 Å². The Morgan fingerprint density at radius 3 is 2.26 bits per heavy atom. The van der Waals surface area contributed by atoms with Crippen LogP contribution in [0.5, 0.6) is 0 Å². The molecule has 3 rings (SSSR count). The molecule has 6 heteroatoms. The molecule has 0 atom stereocenters. The van der Waals surface area contributed by atoms with Gasteiger partial charge < -0.3 is 0 Å². The summed E-state index contributed by atoms with van der Waals surface area (Å²) in [6, 6.07) is 12.8. The van der Waals surface area contributed by atoms with Crippen LogP contribution in [0.4, 0.5) is 10.3 Å². The molecular weight excluding hydrogens is 363 g/mol. The first-order chi connectivity index (χ1) is 12.4. The Bertz CT molecular complexity index is 927. The molecule has 0 saturated heterocycles. The Kier molecular flexibility index (Phi) is 6.73. The molecule has 0 unspecified atom stereocenters. The van der Waals surface area contributed by atoms with Gasteiger partial charge >= 0.3 is 0 Å². The number of benzene rings is 2. The molecule has 0 fully saturated rings. The van der Waals surface area contributed by atoms with Crippen molar-refractivity contribution in [3.8, 4) is 11.3 Å². The van der Waals surface area contributed by atoms with Gasteiger partial charge in [-0.25, -0.2) is 19.4 Å². The first kappa shape index (κ1) is 21.1. The van der Waals surface area contributed by atoms with Crippen molar-refractivity contribution in [3.05, 3.63) is 54.0 Å². The van der Waals surface area contributed by atoms with Crippen LogP contribution in [0.1, 0.15) is 32.4 Å². The van der Waals surface area contributed by atoms with Crippen LogP contribution in [0, 0.1) is 5.82 Å². The highest BCUT2D eigenvalue weighted by Crippen LogP contribution is 2.31. The van der Waals surface area contributed by atoms with Crippen molar-refractivity contribution in [2.75, 3.05) is 25.6 Å². The van der Waals surface area contributed by atoms with E-state index in [-0.39, 0.29) is 24.1 Å². The van der Waals surface area contributed by atoms with E-state index in [2.05, 4.69) is 20.8 Å². The Morgan fingerprint density at radius 1 is 1.00 bits per heavy atom. The van der Waals surface area contributed by atoms with Crippen molar-refractivity contribution in [3.63, 3.8) is 0 Å². The number of aromatic nitrogens is 2. The van der Waals surface area contributed by atoms with Crippen molar-refractivity contribution in [2.45, 2.75) is 26.7 Å². The molecular formula is C21H26ClFN4. The number of nitrogens with zero attached hydrogens (tertiary/aromatic N) is 4. The van der Waals surface area contributed by atoms with E-state index >= 15 is 0 Å². The molecule has 0 aliphatic rings. The molecule has 0 spiro atoms. The van der Waals surface area contributed by atoms with Gasteiger partial charge in [0.25, 0.3) is 0 Å². The topological polar surface area (TPSA) is 32.3 Å². The lowest BCUT2D eigenvalue weighted by Gasteiger charge is -2.28. The average Bonchev–Trinajstić information content (AvgIpc) is 2.62. The molecule has 0 bridgehead atoms. The van der Waals surface area contributed by atoms with Gasteiger partial charge in [0.2, 0.25) is 5.95 Å². The maximum atomic E-state index is 14.2. The van der Waals surface area contributed by atoms with Crippen LogP contribution in [0.2, 0.25) is 0 Å². The van der Waals surface area contributed by atoms with Crippen LogP contribution < -0.4 is 5.01 Å². The second-order valence-corrected chi connectivity index (χ2v) is 6.84. The molecule has 4 nitrogen and oxygen atoms in total. The van der Waals surface area contributed by atoms with E-state index in [0.29, 0.717) is 11.3 Å². The van der Waals surface area contributed by atoms with Crippen molar-refractivity contribution in [1.82, 2.24) is 15.0 Å². The fourth-order valence-electron chi connectivity index (χ4n) is 3.09. The summed E-state index contributed by atoms with van der Waals surface area (Å²) in [5.74, 6) is 0.710. The van der Waals surface area contributed by atoms with Gasteiger partial charge in [0.15, 0.2) is 0 Å². The molecule has 0 saturated carbocycles. The summed E-state index contributed by atoms with van der Waals surface area (Å²) in [5, 5.41) is 5.46. The number of hydrogen-bond acceptors (Lipinski definition) is 4. The summed E-state index contributed by atoms with van der Waals surface area (Å²) in [5.41, 5.74) is 2.70. The van der Waals surface area contributed by atoms with Gasteiger partial charge in [-0.3, -0.25) is 5.01 Å². The van der Waals surface area contributed by atoms with Crippen LogP contribution >= 0.6 is 12.4 Å². The summed E-state index contributed by atoms with van der Waals surface area (Å²) < 4.78 is 14.2. The molecule has 2 aromatic carbocycles. The third-order valence-corrected chi connectivity index (χ3v) is 4.49. The largest absolute Gasteiger partial charge is 0.274 e. The fourth-order valence-corrected chi connectivity index (χ4v) is 3.09. The molecule has 1 aromatic heterocycles. The minimum atomic E-state index is -0.216. The average molecular weight is 389 g/mol. The smallest absolute Gasteiger partial charge is 0.240 e. The maximum Gasteiger partial charge on any atom is 0.240 e. The minimum Gasteiger partial charge on any atom is -0.274 e. The lowest BCUT2D eigenvalue weighted by molar-refractivity contribution is 0.368. The first-order valence-electron chi connectivity index (χ1n) is 8.93. The predicted octanol–water partition coefficient (Wildman–Crippen LogP) is 5.28. The highest BCUT2D eigenvalue weighted by molar-refractivity contribution is 5.96. The second-order valence-electron chi connectivity index (χ2n) is 6.84. The number of hydrogen-bond donors (Lipinski definition) is 0. The van der Waals surface area contributed by atoms with Gasteiger partial charge in [0, 0.05) is 37.3 Å².